The summed E-state index contributed by atoms with van der Waals surface area (Å²) >= 11 is 0. The van der Waals surface area contributed by atoms with E-state index in [4.69, 9.17) is 9.47 Å². The minimum Gasteiger partial charge on any atom is -0.494 e. The zero-order valence-electron chi connectivity index (χ0n) is 16.0. The average molecular weight is 367 g/mol. The molecule has 2 aromatic carbocycles. The van der Waals surface area contributed by atoms with Crippen LogP contribution in [0.4, 0.5) is 5.69 Å². The molecule has 5 heteroatoms. The SMILES string of the molecule is CC(=O)c1ccc2c(c1)N(CCCOc1ccccc1)C(=O)C(C(C)C)O2. The van der Waals surface area contributed by atoms with Crippen LogP contribution < -0.4 is 14.4 Å². The summed E-state index contributed by atoms with van der Waals surface area (Å²) in [4.78, 5) is 26.4. The highest BCUT2D eigenvalue weighted by Crippen LogP contribution is 2.36. The fourth-order valence-electron chi connectivity index (χ4n) is 3.09. The van der Waals surface area contributed by atoms with Crippen LogP contribution in [0.5, 0.6) is 11.5 Å². The molecule has 1 amide bonds. The maximum absolute atomic E-state index is 13.0. The average Bonchev–Trinajstić information content (AvgIpc) is 2.66. The molecular weight excluding hydrogens is 342 g/mol. The van der Waals surface area contributed by atoms with Gasteiger partial charge in [0.05, 0.1) is 12.3 Å². The molecule has 3 rings (SSSR count). The summed E-state index contributed by atoms with van der Waals surface area (Å²) in [6, 6.07) is 14.9. The van der Waals surface area contributed by atoms with E-state index in [0.29, 0.717) is 36.6 Å². The number of carbonyl (C=O) groups excluding carboxylic acids is 2. The van der Waals surface area contributed by atoms with Crippen molar-refractivity contribution >= 4 is 17.4 Å². The number of nitrogens with zero attached hydrogens (tertiary/aromatic N) is 1. The minimum absolute atomic E-state index is 0.0383. The van der Waals surface area contributed by atoms with Crippen molar-refractivity contribution in [1.29, 1.82) is 0 Å². The number of anilines is 1. The van der Waals surface area contributed by atoms with Gasteiger partial charge in [0.1, 0.15) is 11.5 Å². The van der Waals surface area contributed by atoms with Crippen molar-refractivity contribution in [1.82, 2.24) is 0 Å². The molecule has 142 valence electrons. The zero-order chi connectivity index (χ0) is 19.4. The van der Waals surface area contributed by atoms with Crippen LogP contribution in [-0.2, 0) is 4.79 Å². The Labute approximate surface area is 159 Å². The molecule has 1 unspecified atom stereocenters. The smallest absolute Gasteiger partial charge is 0.268 e. The van der Waals surface area contributed by atoms with E-state index >= 15 is 0 Å². The van der Waals surface area contributed by atoms with E-state index < -0.39 is 6.10 Å². The molecule has 0 spiro atoms. The molecule has 1 aliphatic rings. The van der Waals surface area contributed by atoms with Gasteiger partial charge < -0.3 is 14.4 Å². The number of hydrogen-bond donors (Lipinski definition) is 0. The van der Waals surface area contributed by atoms with Crippen LogP contribution in [0.15, 0.2) is 48.5 Å². The Morgan fingerprint density at radius 1 is 1.19 bits per heavy atom. The number of rotatable bonds is 7. The first-order valence-electron chi connectivity index (χ1n) is 9.28. The second kappa shape index (κ2) is 8.25. The molecule has 27 heavy (non-hydrogen) atoms. The van der Waals surface area contributed by atoms with Crippen molar-refractivity contribution in [3.05, 3.63) is 54.1 Å². The van der Waals surface area contributed by atoms with E-state index in [0.717, 1.165) is 5.75 Å². The van der Waals surface area contributed by atoms with Gasteiger partial charge in [-0.2, -0.15) is 0 Å². The molecule has 1 aliphatic heterocycles. The number of ether oxygens (including phenoxy) is 2. The third-order valence-corrected chi connectivity index (χ3v) is 4.56. The number of amides is 1. The standard InChI is InChI=1S/C22H25NO4/c1-15(2)21-22(25)23(12-7-13-26-18-8-5-4-6-9-18)19-14-17(16(3)24)10-11-20(19)27-21/h4-6,8-11,14-15,21H,7,12-13H2,1-3H3. The molecule has 0 aromatic heterocycles. The Bertz CT molecular complexity index is 816. The normalized spacial score (nSPS) is 16.1. The Balaban J connectivity index is 1.76. The summed E-state index contributed by atoms with van der Waals surface area (Å²) in [6.45, 7) is 6.46. The topological polar surface area (TPSA) is 55.8 Å². The van der Waals surface area contributed by atoms with Gasteiger partial charge in [0, 0.05) is 12.1 Å². The van der Waals surface area contributed by atoms with Gasteiger partial charge in [-0.05, 0) is 49.6 Å². The maximum Gasteiger partial charge on any atom is 0.268 e. The van der Waals surface area contributed by atoms with Crippen molar-refractivity contribution in [3.8, 4) is 11.5 Å². The molecule has 0 saturated carbocycles. The van der Waals surface area contributed by atoms with Crippen LogP contribution >= 0.6 is 0 Å². The Hall–Kier alpha value is -2.82. The lowest BCUT2D eigenvalue weighted by Crippen LogP contribution is -2.49. The first-order chi connectivity index (χ1) is 13.0. The van der Waals surface area contributed by atoms with E-state index in [9.17, 15) is 9.59 Å². The quantitative estimate of drug-likeness (QED) is 0.546. The molecule has 0 bridgehead atoms. The molecule has 1 atom stereocenters. The van der Waals surface area contributed by atoms with Crippen LogP contribution in [0.3, 0.4) is 0 Å². The van der Waals surface area contributed by atoms with Gasteiger partial charge >= 0.3 is 0 Å². The first-order valence-corrected chi connectivity index (χ1v) is 9.28. The predicted octanol–water partition coefficient (Wildman–Crippen LogP) is 4.11. The van der Waals surface area contributed by atoms with E-state index in [1.54, 1.807) is 23.1 Å². The van der Waals surface area contributed by atoms with Crippen molar-refractivity contribution < 1.29 is 19.1 Å². The second-order valence-electron chi connectivity index (χ2n) is 7.03. The molecule has 1 heterocycles. The van der Waals surface area contributed by atoms with Crippen molar-refractivity contribution in [2.24, 2.45) is 5.92 Å². The largest absolute Gasteiger partial charge is 0.494 e. The summed E-state index contributed by atoms with van der Waals surface area (Å²) in [5.41, 5.74) is 1.22. The lowest BCUT2D eigenvalue weighted by atomic mass is 10.0. The number of fused-ring (bicyclic) bond motifs is 1. The highest BCUT2D eigenvalue weighted by atomic mass is 16.5. The number of Topliss-reactive ketones (excluding diaryl/α,β-unsaturated/α-hetero) is 1. The van der Waals surface area contributed by atoms with E-state index in [-0.39, 0.29) is 17.6 Å². The van der Waals surface area contributed by atoms with Crippen LogP contribution in [0.1, 0.15) is 37.6 Å². The van der Waals surface area contributed by atoms with Crippen LogP contribution in [0.25, 0.3) is 0 Å². The molecular formula is C22H25NO4. The lowest BCUT2D eigenvalue weighted by Gasteiger charge is -2.36. The van der Waals surface area contributed by atoms with Crippen molar-refractivity contribution in [2.45, 2.75) is 33.3 Å². The molecule has 0 N–H and O–H groups in total. The molecule has 0 aliphatic carbocycles. The summed E-state index contributed by atoms with van der Waals surface area (Å²) in [7, 11) is 0. The number of carbonyl (C=O) groups is 2. The Morgan fingerprint density at radius 3 is 2.59 bits per heavy atom. The Morgan fingerprint density at radius 2 is 1.93 bits per heavy atom. The zero-order valence-corrected chi connectivity index (χ0v) is 16.0. The van der Waals surface area contributed by atoms with Crippen LogP contribution in [0, 0.1) is 5.92 Å². The minimum atomic E-state index is -0.518. The third-order valence-electron chi connectivity index (χ3n) is 4.56. The number of benzene rings is 2. The van der Waals surface area contributed by atoms with Gasteiger partial charge in [-0.25, -0.2) is 0 Å². The molecule has 5 nitrogen and oxygen atoms in total. The Kier molecular flexibility index (Phi) is 5.79. The van der Waals surface area contributed by atoms with Gasteiger partial charge in [-0.15, -0.1) is 0 Å². The van der Waals surface area contributed by atoms with Crippen LogP contribution in [-0.4, -0.2) is 30.9 Å². The summed E-state index contributed by atoms with van der Waals surface area (Å²) in [5.74, 6) is 1.40. The van der Waals surface area contributed by atoms with Gasteiger partial charge in [0.15, 0.2) is 11.9 Å². The van der Waals surface area contributed by atoms with E-state index in [1.165, 1.54) is 6.92 Å². The monoisotopic (exact) mass is 367 g/mol. The van der Waals surface area contributed by atoms with E-state index in [2.05, 4.69) is 0 Å². The fourth-order valence-corrected chi connectivity index (χ4v) is 3.09. The third kappa shape index (κ3) is 4.30. The molecule has 0 radical (unpaired) electrons. The molecule has 2 aromatic rings. The van der Waals surface area contributed by atoms with Gasteiger partial charge in [0.2, 0.25) is 0 Å². The van der Waals surface area contributed by atoms with E-state index in [1.807, 2.05) is 44.2 Å². The number of para-hydroxylation sites is 1. The lowest BCUT2D eigenvalue weighted by molar-refractivity contribution is -0.128. The van der Waals surface area contributed by atoms with Crippen molar-refractivity contribution in [2.75, 3.05) is 18.1 Å². The highest BCUT2D eigenvalue weighted by molar-refractivity contribution is 6.02. The summed E-state index contributed by atoms with van der Waals surface area (Å²) in [6.07, 6.45) is 0.158. The fraction of sp³-hybridized carbons (Fsp3) is 0.364. The number of ketones is 1. The second-order valence-corrected chi connectivity index (χ2v) is 7.03. The van der Waals surface area contributed by atoms with Crippen molar-refractivity contribution in [3.63, 3.8) is 0 Å². The summed E-state index contributed by atoms with van der Waals surface area (Å²) < 4.78 is 11.6. The number of hydrogen-bond acceptors (Lipinski definition) is 4. The maximum atomic E-state index is 13.0. The van der Waals surface area contributed by atoms with Crippen LogP contribution in [0.2, 0.25) is 0 Å². The van der Waals surface area contributed by atoms with Gasteiger partial charge in [-0.1, -0.05) is 32.0 Å². The van der Waals surface area contributed by atoms with Gasteiger partial charge in [-0.3, -0.25) is 9.59 Å². The highest BCUT2D eigenvalue weighted by Gasteiger charge is 2.36. The predicted molar refractivity (Wildman–Crippen MR) is 105 cm³/mol. The first kappa shape index (κ1) is 19.0. The summed E-state index contributed by atoms with van der Waals surface area (Å²) in [5, 5.41) is 0. The molecule has 0 saturated heterocycles. The molecule has 0 fully saturated rings. The van der Waals surface area contributed by atoms with Gasteiger partial charge in [0.25, 0.3) is 5.91 Å².